The van der Waals surface area contributed by atoms with E-state index >= 15 is 0 Å². The Balaban J connectivity index is 1.36. The van der Waals surface area contributed by atoms with Crippen LogP contribution in [0.3, 0.4) is 0 Å². The van der Waals surface area contributed by atoms with Gasteiger partial charge in [-0.25, -0.2) is 4.98 Å². The van der Waals surface area contributed by atoms with Crippen LogP contribution in [0.2, 0.25) is 0 Å². The average molecular weight is 419 g/mol. The van der Waals surface area contributed by atoms with Crippen molar-refractivity contribution in [2.24, 2.45) is 0 Å². The van der Waals surface area contributed by atoms with Crippen LogP contribution in [0.25, 0.3) is 22.3 Å². The summed E-state index contributed by atoms with van der Waals surface area (Å²) in [5.41, 5.74) is 3.28. The van der Waals surface area contributed by atoms with Crippen LogP contribution in [-0.4, -0.2) is 51.8 Å². The molecular formula is C23H26N6O2. The van der Waals surface area contributed by atoms with Crippen molar-refractivity contribution >= 4 is 16.7 Å². The number of aromatic nitrogens is 4. The monoisotopic (exact) mass is 418 g/mol. The van der Waals surface area contributed by atoms with Gasteiger partial charge in [0.05, 0.1) is 18.2 Å². The molecule has 1 saturated heterocycles. The van der Waals surface area contributed by atoms with Gasteiger partial charge in [0.1, 0.15) is 5.82 Å². The Morgan fingerprint density at radius 1 is 1.26 bits per heavy atom. The fraction of sp³-hybridized carbons (Fsp3) is 0.348. The quantitative estimate of drug-likeness (QED) is 0.418. The molecule has 1 aromatic carbocycles. The molecular weight excluding hydrogens is 392 g/mol. The number of methoxy groups -OCH3 is 1. The van der Waals surface area contributed by atoms with Gasteiger partial charge >= 0.3 is 0 Å². The highest BCUT2D eigenvalue weighted by atomic mass is 16.5. The molecule has 1 aliphatic rings. The van der Waals surface area contributed by atoms with Crippen molar-refractivity contribution in [2.75, 3.05) is 32.1 Å². The number of nitrogens with one attached hydrogen (secondary N) is 2. The molecule has 8 nitrogen and oxygen atoms in total. The van der Waals surface area contributed by atoms with Crippen molar-refractivity contribution in [1.82, 2.24) is 25.0 Å². The lowest BCUT2D eigenvalue weighted by atomic mass is 10.1. The van der Waals surface area contributed by atoms with Gasteiger partial charge < -0.3 is 19.6 Å². The number of ether oxygens (including phenoxy) is 1. The maximum Gasteiger partial charge on any atom is 0.244 e. The highest BCUT2D eigenvalue weighted by Crippen LogP contribution is 2.35. The second-order valence-electron chi connectivity index (χ2n) is 7.76. The summed E-state index contributed by atoms with van der Waals surface area (Å²) in [7, 11) is 1.68. The number of nitrogens with zero attached hydrogens (tertiary/aromatic N) is 4. The Hall–Kier alpha value is -3.23. The van der Waals surface area contributed by atoms with Crippen LogP contribution in [0.1, 0.15) is 30.3 Å². The fourth-order valence-corrected chi connectivity index (χ4v) is 4.25. The minimum Gasteiger partial charge on any atom is -0.383 e. The van der Waals surface area contributed by atoms with Crippen LogP contribution < -0.4 is 5.32 Å². The second-order valence-corrected chi connectivity index (χ2v) is 7.76. The molecule has 0 spiro atoms. The molecule has 0 bridgehead atoms. The number of H-pyrrole nitrogens is 1. The van der Waals surface area contributed by atoms with Gasteiger partial charge in [0, 0.05) is 43.5 Å². The van der Waals surface area contributed by atoms with E-state index in [1.165, 1.54) is 16.5 Å². The average Bonchev–Trinajstić information content (AvgIpc) is 3.55. The minimum atomic E-state index is 0.122. The minimum absolute atomic E-state index is 0.122. The molecule has 4 aromatic rings. The molecule has 160 valence electrons. The van der Waals surface area contributed by atoms with Gasteiger partial charge in [-0.15, -0.1) is 0 Å². The van der Waals surface area contributed by atoms with Gasteiger partial charge in [0.25, 0.3) is 0 Å². The van der Waals surface area contributed by atoms with Gasteiger partial charge in [-0.1, -0.05) is 23.4 Å². The number of para-hydroxylation sites is 1. The van der Waals surface area contributed by atoms with E-state index in [0.29, 0.717) is 24.9 Å². The number of benzene rings is 1. The van der Waals surface area contributed by atoms with Gasteiger partial charge in [-0.05, 0) is 43.1 Å². The van der Waals surface area contributed by atoms with Crippen LogP contribution in [0.5, 0.6) is 0 Å². The zero-order valence-corrected chi connectivity index (χ0v) is 17.5. The number of hydrogen-bond acceptors (Lipinski definition) is 7. The van der Waals surface area contributed by atoms with E-state index in [-0.39, 0.29) is 6.04 Å². The van der Waals surface area contributed by atoms with Gasteiger partial charge in [0.2, 0.25) is 11.7 Å². The Bertz CT molecular complexity index is 1150. The summed E-state index contributed by atoms with van der Waals surface area (Å²) in [6.45, 7) is 3.12. The third kappa shape index (κ3) is 4.04. The predicted molar refractivity (Wildman–Crippen MR) is 119 cm³/mol. The fourth-order valence-electron chi connectivity index (χ4n) is 4.25. The summed E-state index contributed by atoms with van der Waals surface area (Å²) < 4.78 is 10.8. The van der Waals surface area contributed by atoms with E-state index in [2.05, 4.69) is 55.8 Å². The summed E-state index contributed by atoms with van der Waals surface area (Å²) in [5, 5.41) is 8.81. The molecule has 0 radical (unpaired) electrons. The van der Waals surface area contributed by atoms with Crippen molar-refractivity contribution in [3.8, 4) is 11.4 Å². The lowest BCUT2D eigenvalue weighted by molar-refractivity contribution is 0.202. The number of aromatic amines is 1. The zero-order valence-electron chi connectivity index (χ0n) is 17.5. The Kier molecular flexibility index (Phi) is 5.64. The van der Waals surface area contributed by atoms with Crippen LogP contribution >= 0.6 is 0 Å². The molecule has 4 heterocycles. The van der Waals surface area contributed by atoms with Crippen LogP contribution in [0, 0.1) is 0 Å². The Labute approximate surface area is 180 Å². The summed E-state index contributed by atoms with van der Waals surface area (Å²) in [5.74, 6) is 1.95. The van der Waals surface area contributed by atoms with Crippen molar-refractivity contribution in [3.63, 3.8) is 0 Å². The van der Waals surface area contributed by atoms with E-state index in [9.17, 15) is 0 Å². The van der Waals surface area contributed by atoms with Crippen LogP contribution in [-0.2, 0) is 11.3 Å². The SMILES string of the molecule is COCCNc1ncccc1-c1noc(C2CCCN2Cc2c[nH]c3ccccc23)n1. The first-order valence-corrected chi connectivity index (χ1v) is 10.6. The zero-order chi connectivity index (χ0) is 21.0. The second kappa shape index (κ2) is 8.87. The van der Waals surface area contributed by atoms with Gasteiger partial charge in [0.15, 0.2) is 0 Å². The molecule has 0 amide bonds. The number of hydrogen-bond donors (Lipinski definition) is 2. The van der Waals surface area contributed by atoms with Crippen molar-refractivity contribution in [3.05, 3.63) is 60.2 Å². The summed E-state index contributed by atoms with van der Waals surface area (Å²) in [4.78, 5) is 15.0. The molecule has 1 atom stereocenters. The molecule has 1 fully saturated rings. The molecule has 0 aliphatic carbocycles. The maximum atomic E-state index is 5.73. The smallest absolute Gasteiger partial charge is 0.244 e. The summed E-state index contributed by atoms with van der Waals surface area (Å²) >= 11 is 0. The first-order chi connectivity index (χ1) is 15.3. The van der Waals surface area contributed by atoms with Crippen molar-refractivity contribution in [1.29, 1.82) is 0 Å². The van der Waals surface area contributed by atoms with Crippen molar-refractivity contribution in [2.45, 2.75) is 25.4 Å². The molecule has 1 unspecified atom stereocenters. The summed E-state index contributed by atoms with van der Waals surface area (Å²) in [6, 6.07) is 12.4. The molecule has 5 rings (SSSR count). The molecule has 31 heavy (non-hydrogen) atoms. The topological polar surface area (TPSA) is 92.1 Å². The van der Waals surface area contributed by atoms with Crippen LogP contribution in [0.15, 0.2) is 53.3 Å². The lowest BCUT2D eigenvalue weighted by Gasteiger charge is -2.21. The number of likely N-dealkylation sites (tertiary alicyclic amines) is 1. The molecule has 0 saturated carbocycles. The van der Waals surface area contributed by atoms with E-state index < -0.39 is 0 Å². The number of rotatable bonds is 8. The molecule has 1 aliphatic heterocycles. The number of anilines is 1. The normalized spacial score (nSPS) is 16.9. The Morgan fingerprint density at radius 3 is 3.13 bits per heavy atom. The van der Waals surface area contributed by atoms with Crippen molar-refractivity contribution < 1.29 is 9.26 Å². The highest BCUT2D eigenvalue weighted by Gasteiger charge is 2.31. The van der Waals surface area contributed by atoms with Crippen LogP contribution in [0.4, 0.5) is 5.82 Å². The number of fused-ring (bicyclic) bond motifs is 1. The first-order valence-electron chi connectivity index (χ1n) is 10.6. The third-order valence-corrected chi connectivity index (χ3v) is 5.79. The highest BCUT2D eigenvalue weighted by molar-refractivity contribution is 5.83. The third-order valence-electron chi connectivity index (χ3n) is 5.79. The Morgan fingerprint density at radius 2 is 2.19 bits per heavy atom. The van der Waals surface area contributed by atoms with Gasteiger partial charge in [-0.3, -0.25) is 4.90 Å². The van der Waals surface area contributed by atoms with E-state index in [0.717, 1.165) is 37.3 Å². The largest absolute Gasteiger partial charge is 0.383 e. The number of pyridine rings is 1. The van der Waals surface area contributed by atoms with E-state index in [4.69, 9.17) is 14.2 Å². The van der Waals surface area contributed by atoms with E-state index in [1.54, 1.807) is 13.3 Å². The van der Waals surface area contributed by atoms with E-state index in [1.807, 2.05) is 12.1 Å². The first kappa shape index (κ1) is 19.7. The lowest BCUT2D eigenvalue weighted by Crippen LogP contribution is -2.22. The van der Waals surface area contributed by atoms with Gasteiger partial charge in [-0.2, -0.15) is 4.98 Å². The molecule has 3 aromatic heterocycles. The molecule has 8 heteroatoms. The maximum absolute atomic E-state index is 5.73. The standard InChI is InChI=1S/C23H26N6O2/c1-30-13-11-25-21-18(7-4-10-24-21)22-27-23(31-28-22)20-9-5-12-29(20)15-16-14-26-19-8-3-2-6-17(16)19/h2-4,6-8,10,14,20,26H,5,9,11-13,15H2,1H3,(H,24,25). The molecule has 2 N–H and O–H groups in total. The predicted octanol–water partition coefficient (Wildman–Crippen LogP) is 4.01. The summed E-state index contributed by atoms with van der Waals surface area (Å²) in [6.07, 6.45) is 5.98.